The van der Waals surface area contributed by atoms with Crippen molar-refractivity contribution in [2.75, 3.05) is 5.73 Å². The van der Waals surface area contributed by atoms with E-state index in [1.54, 1.807) is 62.4 Å². The van der Waals surface area contributed by atoms with Gasteiger partial charge in [0.05, 0.1) is 6.04 Å². The van der Waals surface area contributed by atoms with E-state index in [0.29, 0.717) is 21.7 Å². The van der Waals surface area contributed by atoms with E-state index >= 15 is 0 Å². The van der Waals surface area contributed by atoms with Crippen molar-refractivity contribution in [3.05, 3.63) is 65.7 Å². The Morgan fingerprint density at radius 3 is 2.13 bits per heavy atom. The van der Waals surface area contributed by atoms with Crippen molar-refractivity contribution in [1.29, 1.82) is 0 Å². The van der Waals surface area contributed by atoms with Crippen LogP contribution in [0.3, 0.4) is 0 Å². The van der Waals surface area contributed by atoms with Crippen molar-refractivity contribution in [3.63, 3.8) is 0 Å². The molecule has 8 heteroatoms. The summed E-state index contributed by atoms with van der Waals surface area (Å²) in [7, 11) is 0. The normalized spacial score (nSPS) is 12.8. The van der Waals surface area contributed by atoms with E-state index in [0.717, 1.165) is 0 Å². The number of anilines is 1. The Morgan fingerprint density at radius 1 is 1.00 bits per heavy atom. The van der Waals surface area contributed by atoms with Gasteiger partial charge in [-0.15, -0.1) is 0 Å². The number of nitrogens with two attached hydrogens (primary N) is 2. The van der Waals surface area contributed by atoms with Crippen molar-refractivity contribution in [3.8, 4) is 0 Å². The number of nitrogens with zero attached hydrogens (tertiary/aromatic N) is 1. The number of amides is 2. The number of ether oxygens (including phenoxy) is 1. The van der Waals surface area contributed by atoms with Gasteiger partial charge in [-0.05, 0) is 29.2 Å². The Morgan fingerprint density at radius 2 is 1.60 bits per heavy atom. The molecule has 2 aromatic carbocycles. The molecule has 0 fully saturated rings. The minimum absolute atomic E-state index is 0.103. The molecule has 0 saturated heterocycles. The Bertz CT molecular complexity index is 868. The molecule has 8 nitrogen and oxygen atoms in total. The number of imide groups is 1. The molecule has 5 N–H and O–H groups in total. The Labute approximate surface area is 175 Å². The second kappa shape index (κ2) is 10.4. The Kier molecular flexibility index (Phi) is 7.94. The van der Waals surface area contributed by atoms with Crippen molar-refractivity contribution in [2.45, 2.75) is 39.0 Å². The third-order valence-corrected chi connectivity index (χ3v) is 4.65. The van der Waals surface area contributed by atoms with E-state index in [1.807, 2.05) is 6.07 Å². The van der Waals surface area contributed by atoms with Gasteiger partial charge in [0, 0.05) is 12.1 Å². The molecule has 30 heavy (non-hydrogen) atoms. The number of carbonyl (C=O) groups is 3. The average Bonchev–Trinajstić information content (AvgIpc) is 2.73. The zero-order valence-electron chi connectivity index (χ0n) is 17.0. The van der Waals surface area contributed by atoms with Gasteiger partial charge in [-0.1, -0.05) is 56.3 Å². The summed E-state index contributed by atoms with van der Waals surface area (Å²) in [5.41, 5.74) is 13.4. The smallest absolute Gasteiger partial charge is 0.417 e. The number of benzene rings is 2. The maximum Gasteiger partial charge on any atom is 0.417 e. The van der Waals surface area contributed by atoms with Crippen LogP contribution >= 0.6 is 0 Å². The third kappa shape index (κ3) is 6.05. The van der Waals surface area contributed by atoms with Crippen LogP contribution in [0.1, 0.15) is 25.0 Å². The summed E-state index contributed by atoms with van der Waals surface area (Å²) >= 11 is 0. The molecule has 0 aliphatic heterocycles. The lowest BCUT2D eigenvalue weighted by atomic mass is 10.0. The summed E-state index contributed by atoms with van der Waals surface area (Å²) < 4.78 is 5.26. The van der Waals surface area contributed by atoms with Crippen LogP contribution in [-0.4, -0.2) is 40.1 Å². The summed E-state index contributed by atoms with van der Waals surface area (Å²) in [6.45, 7) is 3.33. The molecule has 0 aromatic heterocycles. The predicted molar refractivity (Wildman–Crippen MR) is 112 cm³/mol. The molecule has 2 rings (SSSR count). The molecule has 0 aliphatic rings. The summed E-state index contributed by atoms with van der Waals surface area (Å²) in [4.78, 5) is 38.4. The zero-order chi connectivity index (χ0) is 22.3. The molecule has 0 saturated carbocycles. The molecular formula is C22H27N3O5. The number of nitrogen functional groups attached to an aromatic ring is 1. The summed E-state index contributed by atoms with van der Waals surface area (Å²) in [5.74, 6) is -2.44. The van der Waals surface area contributed by atoms with Crippen LogP contribution in [0.25, 0.3) is 0 Å². The van der Waals surface area contributed by atoms with Crippen LogP contribution in [0.15, 0.2) is 54.6 Å². The first-order chi connectivity index (χ1) is 14.2. The molecule has 0 unspecified atom stereocenters. The highest BCUT2D eigenvalue weighted by Gasteiger charge is 2.39. The van der Waals surface area contributed by atoms with Gasteiger partial charge in [0.2, 0.25) is 5.91 Å². The first kappa shape index (κ1) is 22.9. The molecular weight excluding hydrogens is 386 g/mol. The van der Waals surface area contributed by atoms with E-state index in [-0.39, 0.29) is 18.9 Å². The van der Waals surface area contributed by atoms with E-state index in [1.165, 1.54) is 0 Å². The highest BCUT2D eigenvalue weighted by molar-refractivity contribution is 5.99. The fraction of sp³-hybridized carbons (Fsp3) is 0.318. The van der Waals surface area contributed by atoms with Crippen LogP contribution in [0.2, 0.25) is 0 Å². The van der Waals surface area contributed by atoms with Crippen molar-refractivity contribution in [1.82, 2.24) is 4.90 Å². The SMILES string of the molecule is CC(C)[C@H](N)C(=O)N(C(=O)OCc1ccccc1)[C@@H](Cc1ccc(N)cc1)C(=O)O. The van der Waals surface area contributed by atoms with Gasteiger partial charge in [0.15, 0.2) is 0 Å². The third-order valence-electron chi connectivity index (χ3n) is 4.65. The Hall–Kier alpha value is -3.39. The number of hydrogen-bond acceptors (Lipinski definition) is 6. The van der Waals surface area contributed by atoms with Crippen molar-refractivity contribution < 1.29 is 24.2 Å². The largest absolute Gasteiger partial charge is 0.480 e. The van der Waals surface area contributed by atoms with E-state index < -0.39 is 30.1 Å². The lowest BCUT2D eigenvalue weighted by molar-refractivity contribution is -0.149. The molecule has 0 radical (unpaired) electrons. The second-order valence-electron chi connectivity index (χ2n) is 7.32. The lowest BCUT2D eigenvalue weighted by Crippen LogP contribution is -2.56. The number of carbonyl (C=O) groups excluding carboxylic acids is 2. The van der Waals surface area contributed by atoms with Gasteiger partial charge < -0.3 is 21.3 Å². The maximum atomic E-state index is 12.9. The van der Waals surface area contributed by atoms with Crippen LogP contribution in [0.5, 0.6) is 0 Å². The van der Waals surface area contributed by atoms with Crippen LogP contribution in [0.4, 0.5) is 10.5 Å². The maximum absolute atomic E-state index is 12.9. The molecule has 160 valence electrons. The van der Waals surface area contributed by atoms with Gasteiger partial charge >= 0.3 is 12.1 Å². The van der Waals surface area contributed by atoms with Crippen LogP contribution in [-0.2, 0) is 27.4 Å². The van der Waals surface area contributed by atoms with E-state index in [2.05, 4.69) is 0 Å². The standard InChI is InChI=1S/C22H27N3O5/c1-14(2)19(24)20(26)25(22(29)30-13-16-6-4-3-5-7-16)18(21(27)28)12-15-8-10-17(23)11-9-15/h3-11,14,18-19H,12-13,23-24H2,1-2H3,(H,27,28)/t18-,19-/m0/s1. The van der Waals surface area contributed by atoms with Gasteiger partial charge in [-0.25, -0.2) is 14.5 Å². The Balaban J connectivity index is 2.30. The number of carboxylic acids is 1. The van der Waals surface area contributed by atoms with Crippen molar-refractivity contribution in [2.24, 2.45) is 11.7 Å². The highest BCUT2D eigenvalue weighted by atomic mass is 16.6. The lowest BCUT2D eigenvalue weighted by Gasteiger charge is -2.30. The molecule has 2 aromatic rings. The monoisotopic (exact) mass is 413 g/mol. The van der Waals surface area contributed by atoms with Crippen LogP contribution < -0.4 is 11.5 Å². The highest BCUT2D eigenvalue weighted by Crippen LogP contribution is 2.17. The fourth-order valence-electron chi connectivity index (χ4n) is 2.77. The predicted octanol–water partition coefficient (Wildman–Crippen LogP) is 2.41. The average molecular weight is 413 g/mol. The molecule has 0 aliphatic carbocycles. The molecule has 2 amide bonds. The second-order valence-corrected chi connectivity index (χ2v) is 7.32. The van der Waals surface area contributed by atoms with Crippen LogP contribution in [0, 0.1) is 5.92 Å². The first-order valence-electron chi connectivity index (χ1n) is 9.57. The van der Waals surface area contributed by atoms with E-state index in [4.69, 9.17) is 16.2 Å². The molecule has 0 spiro atoms. The number of hydrogen-bond donors (Lipinski definition) is 3. The summed E-state index contributed by atoms with van der Waals surface area (Å²) in [5, 5.41) is 9.80. The van der Waals surface area contributed by atoms with Gasteiger partial charge in [0.1, 0.15) is 12.6 Å². The summed E-state index contributed by atoms with van der Waals surface area (Å²) in [6, 6.07) is 12.9. The van der Waals surface area contributed by atoms with E-state index in [9.17, 15) is 19.5 Å². The topological polar surface area (TPSA) is 136 Å². The molecule has 2 atom stereocenters. The summed E-state index contributed by atoms with van der Waals surface area (Å²) in [6.07, 6.45) is -1.16. The minimum Gasteiger partial charge on any atom is -0.480 e. The number of rotatable bonds is 8. The van der Waals surface area contributed by atoms with Gasteiger partial charge in [0.25, 0.3) is 0 Å². The van der Waals surface area contributed by atoms with Crippen molar-refractivity contribution >= 4 is 23.7 Å². The molecule has 0 bridgehead atoms. The zero-order valence-corrected chi connectivity index (χ0v) is 17.0. The molecule has 0 heterocycles. The van der Waals surface area contributed by atoms with Gasteiger partial charge in [-0.3, -0.25) is 4.79 Å². The fourth-order valence-corrected chi connectivity index (χ4v) is 2.77. The number of aliphatic carboxylic acids is 1. The number of carboxylic acid groups (broad SMARTS) is 1. The quantitative estimate of drug-likeness (QED) is 0.565. The first-order valence-corrected chi connectivity index (χ1v) is 9.57. The minimum atomic E-state index is -1.48. The van der Waals surface area contributed by atoms with Gasteiger partial charge in [-0.2, -0.15) is 0 Å².